The zero-order valence-corrected chi connectivity index (χ0v) is 13.4. The minimum Gasteiger partial charge on any atom is -0.344 e. The lowest BCUT2D eigenvalue weighted by Crippen LogP contribution is -2.61. The topological polar surface area (TPSA) is 38.1 Å². The summed E-state index contributed by atoms with van der Waals surface area (Å²) in [5.41, 5.74) is 4.26. The summed E-state index contributed by atoms with van der Waals surface area (Å²) in [6.45, 7) is 5.74. The number of halogens is 1. The average Bonchev–Trinajstić information content (AvgIpc) is 2.80. The molecule has 1 saturated carbocycles. The van der Waals surface area contributed by atoms with E-state index in [1.54, 1.807) is 6.07 Å². The van der Waals surface area contributed by atoms with Gasteiger partial charge in [-0.05, 0) is 50.5 Å². The van der Waals surface area contributed by atoms with Crippen molar-refractivity contribution in [3.8, 4) is 5.69 Å². The van der Waals surface area contributed by atoms with Gasteiger partial charge in [0.05, 0.1) is 11.4 Å². The summed E-state index contributed by atoms with van der Waals surface area (Å²) in [5.74, 6) is 0.214. The van der Waals surface area contributed by atoms with Gasteiger partial charge < -0.3 is 4.90 Å². The number of amides is 1. The van der Waals surface area contributed by atoms with Crippen molar-refractivity contribution >= 4 is 6.41 Å². The Kier molecular flexibility index (Phi) is 3.08. The number of carbonyl (C=O) groups excluding carboxylic acids is 1. The highest BCUT2D eigenvalue weighted by molar-refractivity contribution is 5.50. The van der Waals surface area contributed by atoms with Gasteiger partial charge in [-0.1, -0.05) is 6.07 Å². The molecule has 0 atom stereocenters. The standard InChI is InChI=1S/C18H20FN3O/c1-12-3-4-15(19)6-17(12)22-13(2)5-16(20-22)14-7-18(8-14)9-21(10-18)11-23/h3-6,11,14H,7-10H2,1-2H3. The van der Waals surface area contributed by atoms with Gasteiger partial charge in [0.15, 0.2) is 0 Å². The van der Waals surface area contributed by atoms with E-state index in [0.29, 0.717) is 11.3 Å². The van der Waals surface area contributed by atoms with Crippen LogP contribution in [0.1, 0.15) is 35.7 Å². The fraction of sp³-hybridized carbons (Fsp3) is 0.444. The van der Waals surface area contributed by atoms with Gasteiger partial charge in [0.2, 0.25) is 6.41 Å². The first-order valence-electron chi connectivity index (χ1n) is 8.02. The van der Waals surface area contributed by atoms with Crippen molar-refractivity contribution in [3.63, 3.8) is 0 Å². The molecule has 4 nitrogen and oxygen atoms in total. The van der Waals surface area contributed by atoms with E-state index in [0.717, 1.165) is 55.0 Å². The zero-order valence-electron chi connectivity index (χ0n) is 13.4. The molecule has 1 aromatic carbocycles. The van der Waals surface area contributed by atoms with Gasteiger partial charge in [-0.3, -0.25) is 4.79 Å². The van der Waals surface area contributed by atoms with Crippen LogP contribution >= 0.6 is 0 Å². The van der Waals surface area contributed by atoms with Crippen molar-refractivity contribution in [2.75, 3.05) is 13.1 Å². The molecule has 1 aliphatic heterocycles. The molecular formula is C18H20FN3O. The lowest BCUT2D eigenvalue weighted by atomic mass is 9.57. The number of aryl methyl sites for hydroxylation is 2. The predicted molar refractivity (Wildman–Crippen MR) is 85.0 cm³/mol. The molecule has 1 aliphatic carbocycles. The fourth-order valence-corrected chi connectivity index (χ4v) is 4.10. The highest BCUT2D eigenvalue weighted by atomic mass is 19.1. The van der Waals surface area contributed by atoms with Crippen molar-refractivity contribution in [2.45, 2.75) is 32.6 Å². The summed E-state index contributed by atoms with van der Waals surface area (Å²) in [6.07, 6.45) is 3.12. The number of hydrogen-bond donors (Lipinski definition) is 0. The summed E-state index contributed by atoms with van der Waals surface area (Å²) in [7, 11) is 0. The van der Waals surface area contributed by atoms with Crippen LogP contribution in [0.25, 0.3) is 5.69 Å². The van der Waals surface area contributed by atoms with Crippen molar-refractivity contribution in [1.82, 2.24) is 14.7 Å². The van der Waals surface area contributed by atoms with E-state index >= 15 is 0 Å². The molecule has 1 spiro atoms. The molecule has 2 aliphatic rings. The maximum Gasteiger partial charge on any atom is 0.209 e. The molecule has 120 valence electrons. The van der Waals surface area contributed by atoms with Crippen LogP contribution in [0.3, 0.4) is 0 Å². The van der Waals surface area contributed by atoms with Crippen LogP contribution in [0.2, 0.25) is 0 Å². The van der Waals surface area contributed by atoms with Crippen LogP contribution in [0.4, 0.5) is 4.39 Å². The number of benzene rings is 1. The predicted octanol–water partition coefficient (Wildman–Crippen LogP) is 2.96. The summed E-state index contributed by atoms with van der Waals surface area (Å²) in [4.78, 5) is 12.5. The second-order valence-corrected chi connectivity index (χ2v) is 7.17. The van der Waals surface area contributed by atoms with E-state index in [1.165, 1.54) is 12.1 Å². The van der Waals surface area contributed by atoms with Crippen LogP contribution in [-0.4, -0.2) is 34.2 Å². The van der Waals surface area contributed by atoms with Gasteiger partial charge in [-0.2, -0.15) is 5.10 Å². The first-order valence-corrected chi connectivity index (χ1v) is 8.02. The third-order valence-electron chi connectivity index (χ3n) is 5.31. The largest absolute Gasteiger partial charge is 0.344 e. The third kappa shape index (κ3) is 2.26. The van der Waals surface area contributed by atoms with E-state index in [4.69, 9.17) is 5.10 Å². The lowest BCUT2D eigenvalue weighted by molar-refractivity contribution is -0.137. The molecule has 2 fully saturated rings. The SMILES string of the molecule is Cc1ccc(F)cc1-n1nc(C2CC3(C2)CN(C=O)C3)cc1C. The smallest absolute Gasteiger partial charge is 0.209 e. The van der Waals surface area contributed by atoms with Crippen LogP contribution in [-0.2, 0) is 4.79 Å². The normalized spacial score (nSPS) is 19.5. The number of carbonyl (C=O) groups is 1. The Labute approximate surface area is 134 Å². The van der Waals surface area contributed by atoms with Gasteiger partial charge in [0, 0.05) is 30.1 Å². The van der Waals surface area contributed by atoms with Gasteiger partial charge >= 0.3 is 0 Å². The zero-order chi connectivity index (χ0) is 16.2. The molecule has 2 heterocycles. The Bertz CT molecular complexity index is 769. The molecule has 0 N–H and O–H groups in total. The summed E-state index contributed by atoms with van der Waals surface area (Å²) in [5, 5.41) is 4.73. The van der Waals surface area contributed by atoms with Gasteiger partial charge in [-0.15, -0.1) is 0 Å². The molecule has 5 heteroatoms. The molecule has 0 unspecified atom stereocenters. The number of nitrogens with zero attached hydrogens (tertiary/aromatic N) is 3. The third-order valence-corrected chi connectivity index (χ3v) is 5.31. The van der Waals surface area contributed by atoms with Gasteiger partial charge in [-0.25, -0.2) is 9.07 Å². The molecule has 1 amide bonds. The van der Waals surface area contributed by atoms with Crippen molar-refractivity contribution < 1.29 is 9.18 Å². The molecule has 0 bridgehead atoms. The first-order chi connectivity index (χ1) is 11.0. The van der Waals surface area contributed by atoms with E-state index in [2.05, 4.69) is 6.07 Å². The Morgan fingerprint density at radius 2 is 2.00 bits per heavy atom. The Morgan fingerprint density at radius 3 is 2.70 bits per heavy atom. The first kappa shape index (κ1) is 14.4. The monoisotopic (exact) mass is 313 g/mol. The molecule has 23 heavy (non-hydrogen) atoms. The van der Waals surface area contributed by atoms with Gasteiger partial charge in [0.25, 0.3) is 0 Å². The maximum atomic E-state index is 13.6. The van der Waals surface area contributed by atoms with Gasteiger partial charge in [0.1, 0.15) is 5.82 Å². The van der Waals surface area contributed by atoms with E-state index in [9.17, 15) is 9.18 Å². The number of hydrogen-bond acceptors (Lipinski definition) is 2. The van der Waals surface area contributed by atoms with Crippen LogP contribution in [0.15, 0.2) is 24.3 Å². The molecule has 2 aromatic rings. The number of rotatable bonds is 3. The van der Waals surface area contributed by atoms with Crippen molar-refractivity contribution in [3.05, 3.63) is 47.0 Å². The van der Waals surface area contributed by atoms with E-state index in [1.807, 2.05) is 23.4 Å². The second-order valence-electron chi connectivity index (χ2n) is 7.17. The summed E-state index contributed by atoms with van der Waals surface area (Å²) < 4.78 is 15.4. The Hall–Kier alpha value is -2.17. The average molecular weight is 313 g/mol. The highest BCUT2D eigenvalue weighted by Crippen LogP contribution is 2.55. The summed E-state index contributed by atoms with van der Waals surface area (Å²) >= 11 is 0. The Morgan fingerprint density at radius 1 is 1.26 bits per heavy atom. The number of aromatic nitrogens is 2. The minimum absolute atomic E-state index is 0.243. The fourth-order valence-electron chi connectivity index (χ4n) is 4.10. The minimum atomic E-state index is -0.243. The Balaban J connectivity index is 1.55. The van der Waals surface area contributed by atoms with Crippen LogP contribution in [0.5, 0.6) is 0 Å². The second kappa shape index (κ2) is 4.91. The number of likely N-dealkylation sites (tertiary alicyclic amines) is 1. The molecular weight excluding hydrogens is 293 g/mol. The maximum absolute atomic E-state index is 13.6. The molecule has 4 rings (SSSR count). The van der Waals surface area contributed by atoms with Crippen molar-refractivity contribution in [1.29, 1.82) is 0 Å². The van der Waals surface area contributed by atoms with Crippen molar-refractivity contribution in [2.24, 2.45) is 5.41 Å². The van der Waals surface area contributed by atoms with E-state index in [-0.39, 0.29) is 5.82 Å². The highest BCUT2D eigenvalue weighted by Gasteiger charge is 2.52. The van der Waals surface area contributed by atoms with E-state index < -0.39 is 0 Å². The molecule has 1 aromatic heterocycles. The van der Waals surface area contributed by atoms with Crippen LogP contribution in [0, 0.1) is 25.1 Å². The summed E-state index contributed by atoms with van der Waals surface area (Å²) in [6, 6.07) is 6.91. The van der Waals surface area contributed by atoms with Crippen LogP contribution < -0.4 is 0 Å². The molecule has 0 radical (unpaired) electrons. The molecule has 1 saturated heterocycles. The lowest BCUT2D eigenvalue weighted by Gasteiger charge is -2.57. The quantitative estimate of drug-likeness (QED) is 0.817.